The Balaban J connectivity index is 2.33. The molecule has 0 heterocycles. The van der Waals surface area contributed by atoms with Crippen LogP contribution in [0.3, 0.4) is 0 Å². The van der Waals surface area contributed by atoms with E-state index < -0.39 is 13.7 Å². The molecule has 0 N–H and O–H groups in total. The molecule has 22 heavy (non-hydrogen) atoms. The smallest absolute Gasteiger partial charge is 0.320 e. The second kappa shape index (κ2) is 5.26. The van der Waals surface area contributed by atoms with Gasteiger partial charge in [-0.3, -0.25) is 4.79 Å². The van der Waals surface area contributed by atoms with Crippen LogP contribution < -0.4 is 0 Å². The van der Waals surface area contributed by atoms with Crippen molar-refractivity contribution in [3.8, 4) is 0 Å². The molecule has 1 saturated carbocycles. The van der Waals surface area contributed by atoms with E-state index >= 15 is 0 Å². The highest BCUT2D eigenvalue weighted by Crippen LogP contribution is 2.70. The minimum absolute atomic E-state index is 0.115. The summed E-state index contributed by atoms with van der Waals surface area (Å²) in [5.74, 6) is 1.28. The highest BCUT2D eigenvalue weighted by atomic mass is 28.4. The molecule has 2 aliphatic carbocycles. The predicted octanol–water partition coefficient (Wildman–Crippen LogP) is 4.67. The molecule has 3 atom stereocenters. The van der Waals surface area contributed by atoms with Gasteiger partial charge in [0, 0.05) is 5.92 Å². The van der Waals surface area contributed by atoms with Crippen LogP contribution in [0.25, 0.3) is 0 Å². The van der Waals surface area contributed by atoms with Gasteiger partial charge >= 0.3 is 5.97 Å². The van der Waals surface area contributed by atoms with Crippen molar-refractivity contribution in [1.82, 2.24) is 0 Å². The lowest BCUT2D eigenvalue weighted by Gasteiger charge is -2.38. The first-order valence-corrected chi connectivity index (χ1v) is 11.0. The number of ether oxygens (including phenoxy) is 1. The van der Waals surface area contributed by atoms with Crippen molar-refractivity contribution in [3.63, 3.8) is 0 Å². The summed E-state index contributed by atoms with van der Waals surface area (Å²) < 4.78 is 11.7. The van der Waals surface area contributed by atoms with Crippen molar-refractivity contribution in [1.29, 1.82) is 0 Å². The van der Waals surface area contributed by atoms with Crippen LogP contribution in [-0.2, 0) is 14.0 Å². The topological polar surface area (TPSA) is 35.5 Å². The van der Waals surface area contributed by atoms with Gasteiger partial charge in [-0.2, -0.15) is 0 Å². The van der Waals surface area contributed by atoms with Crippen LogP contribution >= 0.6 is 0 Å². The van der Waals surface area contributed by atoms with Crippen LogP contribution in [0, 0.1) is 17.3 Å². The lowest BCUT2D eigenvalue weighted by Crippen LogP contribution is -2.42. The van der Waals surface area contributed by atoms with Crippen molar-refractivity contribution in [2.45, 2.75) is 59.2 Å². The van der Waals surface area contributed by atoms with E-state index in [4.69, 9.17) is 9.16 Å². The zero-order chi connectivity index (χ0) is 16.9. The molecule has 0 saturated heterocycles. The largest absolute Gasteiger partial charge is 0.546 e. The highest BCUT2D eigenvalue weighted by molar-refractivity contribution is 6.74. The molecule has 2 rings (SSSR count). The van der Waals surface area contributed by atoms with Gasteiger partial charge in [0.15, 0.2) is 0 Å². The highest BCUT2D eigenvalue weighted by Gasteiger charge is 2.74. The Morgan fingerprint density at radius 3 is 2.41 bits per heavy atom. The van der Waals surface area contributed by atoms with Crippen LogP contribution in [0.1, 0.15) is 41.0 Å². The number of rotatable bonds is 4. The van der Waals surface area contributed by atoms with E-state index in [-0.39, 0.29) is 16.9 Å². The maximum atomic E-state index is 12.6. The minimum Gasteiger partial charge on any atom is -0.546 e. The molecule has 0 amide bonds. The van der Waals surface area contributed by atoms with Crippen molar-refractivity contribution in [2.75, 3.05) is 7.11 Å². The molecule has 1 fully saturated rings. The van der Waals surface area contributed by atoms with Gasteiger partial charge in [0.2, 0.25) is 8.32 Å². The van der Waals surface area contributed by atoms with E-state index in [9.17, 15) is 4.79 Å². The summed E-state index contributed by atoms with van der Waals surface area (Å²) in [6, 6.07) is 0. The van der Waals surface area contributed by atoms with Crippen molar-refractivity contribution in [3.05, 3.63) is 23.5 Å². The molecule has 3 nitrogen and oxygen atoms in total. The third kappa shape index (κ3) is 2.45. The molecule has 0 unspecified atom stereocenters. The molecule has 2 aliphatic rings. The molecular formula is C18H30O3Si. The van der Waals surface area contributed by atoms with Gasteiger partial charge in [-0.05, 0) is 50.4 Å². The zero-order valence-corrected chi connectivity index (χ0v) is 16.2. The molecule has 0 aromatic rings. The van der Waals surface area contributed by atoms with Crippen LogP contribution in [0.2, 0.25) is 18.1 Å². The monoisotopic (exact) mass is 322 g/mol. The summed E-state index contributed by atoms with van der Waals surface area (Å²) >= 11 is 0. The molecule has 4 heteroatoms. The summed E-state index contributed by atoms with van der Waals surface area (Å²) in [5, 5.41) is 0.115. The Hall–Kier alpha value is -1.03. The SMILES string of the molecule is COC(=O)[C@@]12C(O[Si](C)(C)C(C)(C)C)=CC[C@@H]1[C@H]2C=C(C)C. The fourth-order valence-corrected chi connectivity index (χ4v) is 4.40. The second-order valence-electron chi connectivity index (χ2n) is 8.40. The molecule has 0 aromatic heterocycles. The van der Waals surface area contributed by atoms with E-state index in [0.717, 1.165) is 12.2 Å². The molecule has 0 radical (unpaired) electrons. The van der Waals surface area contributed by atoms with Gasteiger partial charge in [-0.1, -0.05) is 32.4 Å². The first kappa shape index (κ1) is 17.3. The number of hydrogen-bond acceptors (Lipinski definition) is 3. The van der Waals surface area contributed by atoms with Crippen LogP contribution in [0.15, 0.2) is 23.5 Å². The Labute approximate surface area is 135 Å². The summed E-state index contributed by atoms with van der Waals surface area (Å²) in [6.07, 6.45) is 5.24. The normalized spacial score (nSPS) is 30.3. The summed E-state index contributed by atoms with van der Waals surface area (Å²) in [5.41, 5.74) is 0.691. The Morgan fingerprint density at radius 1 is 1.36 bits per heavy atom. The molecular weight excluding hydrogens is 292 g/mol. The number of allylic oxidation sites excluding steroid dienone is 3. The van der Waals surface area contributed by atoms with Crippen molar-refractivity contribution >= 4 is 14.3 Å². The number of methoxy groups -OCH3 is 1. The van der Waals surface area contributed by atoms with Crippen molar-refractivity contribution < 1.29 is 14.0 Å². The minimum atomic E-state index is -1.96. The van der Waals surface area contributed by atoms with Crippen LogP contribution in [-0.4, -0.2) is 21.4 Å². The summed E-state index contributed by atoms with van der Waals surface area (Å²) in [6.45, 7) is 15.3. The van der Waals surface area contributed by atoms with Gasteiger partial charge in [0.05, 0.1) is 12.9 Å². The number of esters is 1. The van der Waals surface area contributed by atoms with Gasteiger partial charge in [-0.25, -0.2) is 0 Å². The quantitative estimate of drug-likeness (QED) is 0.429. The third-order valence-electron chi connectivity index (χ3n) is 5.61. The fraction of sp³-hybridized carbons (Fsp3) is 0.722. The number of carbonyl (C=O) groups is 1. The molecule has 0 aromatic carbocycles. The van der Waals surface area contributed by atoms with Gasteiger partial charge in [0.1, 0.15) is 5.41 Å². The fourth-order valence-electron chi connectivity index (χ4n) is 3.29. The van der Waals surface area contributed by atoms with Crippen molar-refractivity contribution in [2.24, 2.45) is 17.3 Å². The van der Waals surface area contributed by atoms with Gasteiger partial charge in [-0.15, -0.1) is 0 Å². The summed E-state index contributed by atoms with van der Waals surface area (Å²) in [7, 11) is -0.477. The van der Waals surface area contributed by atoms with E-state index in [2.05, 4.69) is 59.9 Å². The van der Waals surface area contributed by atoms with E-state index in [1.165, 1.54) is 12.7 Å². The molecule has 124 valence electrons. The average Bonchev–Trinajstić information content (AvgIpc) is 2.82. The Morgan fingerprint density at radius 2 is 1.95 bits per heavy atom. The van der Waals surface area contributed by atoms with E-state index in [1.807, 2.05) is 0 Å². The Kier molecular flexibility index (Phi) is 4.14. The second-order valence-corrected chi connectivity index (χ2v) is 13.1. The maximum Gasteiger partial charge on any atom is 0.320 e. The number of hydrogen-bond donors (Lipinski definition) is 0. The lowest BCUT2D eigenvalue weighted by atomic mass is 10.0. The summed E-state index contributed by atoms with van der Waals surface area (Å²) in [4.78, 5) is 12.6. The first-order valence-electron chi connectivity index (χ1n) is 8.11. The number of fused-ring (bicyclic) bond motifs is 1. The van der Waals surface area contributed by atoms with E-state index in [1.54, 1.807) is 0 Å². The van der Waals surface area contributed by atoms with Gasteiger partial charge < -0.3 is 9.16 Å². The maximum absolute atomic E-state index is 12.6. The zero-order valence-electron chi connectivity index (χ0n) is 15.2. The lowest BCUT2D eigenvalue weighted by molar-refractivity contribution is -0.147. The van der Waals surface area contributed by atoms with E-state index in [0.29, 0.717) is 5.92 Å². The third-order valence-corrected chi connectivity index (χ3v) is 9.95. The molecule has 0 aliphatic heterocycles. The predicted molar refractivity (Wildman–Crippen MR) is 91.8 cm³/mol. The van der Waals surface area contributed by atoms with Crippen LogP contribution in [0.4, 0.5) is 0 Å². The Bertz CT molecular complexity index is 535. The number of carbonyl (C=O) groups excluding carboxylic acids is 1. The average molecular weight is 323 g/mol. The van der Waals surface area contributed by atoms with Gasteiger partial charge in [0.25, 0.3) is 0 Å². The molecule has 0 bridgehead atoms. The molecule has 0 spiro atoms. The standard InChI is InChI=1S/C18H30O3Si/c1-12(2)11-14-13-9-10-15(18(13,14)16(19)20-6)21-22(7,8)17(3,4)5/h10-11,13-14H,9H2,1-8H3/t13-,14-,18+/m1/s1. The first-order chi connectivity index (χ1) is 9.98. The van der Waals surface area contributed by atoms with Crippen LogP contribution in [0.5, 0.6) is 0 Å².